The molecule has 0 spiro atoms. The van der Waals surface area contributed by atoms with Crippen LogP contribution in [0, 0.1) is 6.92 Å². The number of sulfonamides is 1. The Balaban J connectivity index is 0.000000408. The summed E-state index contributed by atoms with van der Waals surface area (Å²) in [6, 6.07) is 19.3. The lowest BCUT2D eigenvalue weighted by Crippen LogP contribution is -2.37. The molecule has 0 N–H and O–H groups in total. The number of carbonyl (C=O) groups excluding carboxylic acids is 4. The molecule has 0 radical (unpaired) electrons. The molecule has 0 fully saturated rings. The molecule has 3 aromatic rings. The zero-order valence-corrected chi connectivity index (χ0v) is 29.9. The molecule has 53 heavy (non-hydrogen) atoms. The number of hydrogen-bond donors (Lipinski definition) is 0. The predicted molar refractivity (Wildman–Crippen MR) is 188 cm³/mol. The van der Waals surface area contributed by atoms with Crippen LogP contribution in [0.3, 0.4) is 0 Å². The molecule has 0 bridgehead atoms. The van der Waals surface area contributed by atoms with Crippen LogP contribution in [0.15, 0.2) is 92.4 Å². The Bertz CT molecular complexity index is 2070. The predicted octanol–water partition coefficient (Wildman–Crippen LogP) is 6.27. The number of amides is 2. The largest absolute Gasteiger partial charge is 0.423 e. The van der Waals surface area contributed by atoms with Crippen LogP contribution in [0.4, 0.5) is 11.4 Å². The maximum atomic E-state index is 11.7. The number of ketones is 2. The molecule has 0 aromatic heterocycles. The van der Waals surface area contributed by atoms with E-state index in [-0.39, 0.29) is 30.3 Å². The second kappa shape index (κ2) is 22.8. The first-order valence-corrected chi connectivity index (χ1v) is 16.2. The van der Waals surface area contributed by atoms with Crippen LogP contribution in [0.5, 0.6) is 0 Å². The van der Waals surface area contributed by atoms with Gasteiger partial charge in [0.05, 0.1) is 11.3 Å². The third-order valence-corrected chi connectivity index (χ3v) is 7.33. The molecule has 0 heterocycles. The smallest absolute Gasteiger partial charge is 0.360 e. The van der Waals surface area contributed by atoms with E-state index in [2.05, 4.69) is 34.3 Å². The molecule has 0 aliphatic rings. The first-order chi connectivity index (χ1) is 25.1. The van der Waals surface area contributed by atoms with E-state index in [0.717, 1.165) is 33.7 Å². The summed E-state index contributed by atoms with van der Waals surface area (Å²) in [7, 11) is -1.06. The fourth-order valence-corrected chi connectivity index (χ4v) is 4.11. The van der Waals surface area contributed by atoms with Crippen LogP contribution in [0.25, 0.3) is 36.9 Å². The minimum absolute atomic E-state index is 0.0101. The monoisotopic (exact) mass is 747 g/mol. The second-order valence-electron chi connectivity index (χ2n) is 10.3. The van der Waals surface area contributed by atoms with Crippen LogP contribution >= 0.6 is 0 Å². The summed E-state index contributed by atoms with van der Waals surface area (Å²) in [6.07, 6.45) is -0.174. The fraction of sp³-hybridized carbons (Fsp3) is 0.258. The van der Waals surface area contributed by atoms with Crippen LogP contribution in [-0.4, -0.2) is 66.5 Å². The molecular weight excluding hydrogens is 714 g/mol. The Kier molecular flexibility index (Phi) is 19.0. The van der Waals surface area contributed by atoms with Crippen molar-refractivity contribution in [3.63, 3.8) is 0 Å². The topological polar surface area (TPSA) is 310 Å². The van der Waals surface area contributed by atoms with Crippen LogP contribution in [0.1, 0.15) is 37.0 Å². The molecular formula is C31H33N13O8S. The number of hydrogen-bond acceptors (Lipinski definition) is 10. The Morgan fingerprint density at radius 1 is 0.698 bits per heavy atom. The summed E-state index contributed by atoms with van der Waals surface area (Å²) in [6.45, 7) is 4.53. The molecule has 21 nitrogen and oxygen atoms in total. The van der Waals surface area contributed by atoms with E-state index in [4.69, 9.17) is 31.8 Å². The molecule has 2 amide bonds. The van der Waals surface area contributed by atoms with Crippen molar-refractivity contribution in [3.05, 3.63) is 126 Å². The average molecular weight is 748 g/mol. The molecule has 0 saturated carbocycles. The van der Waals surface area contributed by atoms with E-state index in [9.17, 15) is 27.6 Å². The second-order valence-corrected chi connectivity index (χ2v) is 11.9. The van der Waals surface area contributed by atoms with Gasteiger partial charge in [-0.2, -0.15) is 4.79 Å². The van der Waals surface area contributed by atoms with Crippen molar-refractivity contribution in [2.75, 3.05) is 14.1 Å². The van der Waals surface area contributed by atoms with Crippen molar-refractivity contribution in [3.8, 4) is 0 Å². The number of nitrogens with zero attached hydrogens (tertiary/aromatic N) is 13. The lowest BCUT2D eigenvalue weighted by molar-refractivity contribution is -0.182. The van der Waals surface area contributed by atoms with Crippen molar-refractivity contribution in [2.24, 2.45) is 14.7 Å². The number of hydroxylamine groups is 4. The van der Waals surface area contributed by atoms with Crippen LogP contribution in [-0.2, 0) is 52.1 Å². The van der Waals surface area contributed by atoms with E-state index >= 15 is 0 Å². The number of Topliss-reactive ketones (excluding diaryl/α,β-unsaturated/α-hetero) is 2. The van der Waals surface area contributed by atoms with Crippen molar-refractivity contribution in [1.29, 1.82) is 0 Å². The summed E-state index contributed by atoms with van der Waals surface area (Å²) in [5.74, 6) is -2.12. The van der Waals surface area contributed by atoms with Crippen molar-refractivity contribution in [1.82, 2.24) is 10.1 Å². The highest BCUT2D eigenvalue weighted by Gasteiger charge is 2.29. The van der Waals surface area contributed by atoms with Gasteiger partial charge in [0.1, 0.15) is 19.0 Å². The van der Waals surface area contributed by atoms with Crippen LogP contribution in [0.2, 0.25) is 0 Å². The number of azide groups is 3. The standard InChI is InChI=1S/C12H12N6O3.C12H14N4O3.C7H7N3O2S/c1-8(19)11(15-13)12(20)18(2)21-7-9-3-5-10(6-4-9)16-17-14;1-9(17)7-12(18)16(2)19-8-10-3-5-11(6-4-10)14-15-13;1-6-2-4-7(5-3-6)13(11,12)10-9-8/h3-6H,7H2,1-2H3;3-6H,7-8H2,1-2H3;2-5H,1H3. The lowest BCUT2D eigenvalue weighted by atomic mass is 10.2. The normalized spacial score (nSPS) is 9.68. The summed E-state index contributed by atoms with van der Waals surface area (Å²) >= 11 is 0. The van der Waals surface area contributed by atoms with Gasteiger partial charge < -0.3 is 5.53 Å². The van der Waals surface area contributed by atoms with E-state index in [1.807, 2.05) is 6.92 Å². The summed E-state index contributed by atoms with van der Waals surface area (Å²) < 4.78 is 25.0. The van der Waals surface area contributed by atoms with E-state index in [1.54, 1.807) is 60.7 Å². The lowest BCUT2D eigenvalue weighted by Gasteiger charge is -2.16. The van der Waals surface area contributed by atoms with Gasteiger partial charge in [0.15, 0.2) is 0 Å². The molecule has 0 saturated heterocycles. The summed E-state index contributed by atoms with van der Waals surface area (Å²) in [5.41, 5.74) is 36.0. The van der Waals surface area contributed by atoms with Crippen molar-refractivity contribution >= 4 is 50.5 Å². The van der Waals surface area contributed by atoms with E-state index in [1.165, 1.54) is 33.2 Å². The minimum Gasteiger partial charge on any atom is -0.360 e. The Hall–Kier alpha value is -6.88. The molecule has 0 aliphatic carbocycles. The maximum Gasteiger partial charge on any atom is 0.423 e. The van der Waals surface area contributed by atoms with Crippen molar-refractivity contribution < 1.29 is 42.1 Å². The Morgan fingerprint density at radius 3 is 1.53 bits per heavy atom. The molecule has 3 aromatic carbocycles. The molecule has 0 unspecified atom stereocenters. The van der Waals surface area contributed by atoms with Gasteiger partial charge in [-0.05, 0) is 53.7 Å². The minimum atomic E-state index is -3.82. The quantitative estimate of drug-likeness (QED) is 0.0450. The third kappa shape index (κ3) is 16.6. The number of rotatable bonds is 14. The van der Waals surface area contributed by atoms with Gasteiger partial charge in [-0.3, -0.25) is 28.9 Å². The first-order valence-electron chi connectivity index (χ1n) is 14.8. The highest BCUT2D eigenvalue weighted by Crippen LogP contribution is 2.16. The van der Waals surface area contributed by atoms with Crippen LogP contribution < -0.4 is 0 Å². The maximum absolute atomic E-state index is 11.7. The SMILES string of the molecule is CC(=O)C(=[N+]=[N-])C(=O)N(C)OCc1ccc(N=[N+]=[N-])cc1.CC(=O)CC(=O)N(C)OCc1ccc(N=[N+]=[N-])cc1.Cc1ccc(S(=O)(=O)N=[N+]=[N-])cc1. The Labute approximate surface area is 302 Å². The van der Waals surface area contributed by atoms with E-state index in [0.29, 0.717) is 11.4 Å². The van der Waals surface area contributed by atoms with Gasteiger partial charge in [0.25, 0.3) is 15.9 Å². The van der Waals surface area contributed by atoms with E-state index < -0.39 is 33.3 Å². The third-order valence-electron chi connectivity index (χ3n) is 6.18. The molecule has 22 heteroatoms. The van der Waals surface area contributed by atoms with Gasteiger partial charge in [-0.25, -0.2) is 18.5 Å². The van der Waals surface area contributed by atoms with Gasteiger partial charge in [0.2, 0.25) is 5.78 Å². The highest BCUT2D eigenvalue weighted by molar-refractivity contribution is 7.90. The molecule has 0 atom stereocenters. The number of benzene rings is 3. The fourth-order valence-electron chi connectivity index (χ4n) is 3.44. The summed E-state index contributed by atoms with van der Waals surface area (Å²) in [4.78, 5) is 65.6. The zero-order chi connectivity index (χ0) is 40.0. The highest BCUT2D eigenvalue weighted by atomic mass is 32.2. The van der Waals surface area contributed by atoms with Crippen molar-refractivity contribution in [2.45, 2.75) is 45.3 Å². The van der Waals surface area contributed by atoms with Gasteiger partial charge in [-0.1, -0.05) is 76.5 Å². The zero-order valence-electron chi connectivity index (χ0n) is 29.0. The Morgan fingerprint density at radius 2 is 1.15 bits per heavy atom. The molecule has 3 rings (SSSR count). The number of carbonyl (C=O) groups is 4. The number of aryl methyl sites for hydroxylation is 1. The average Bonchev–Trinajstić information content (AvgIpc) is 3.11. The summed E-state index contributed by atoms with van der Waals surface area (Å²) in [5, 5.41) is 8.71. The van der Waals surface area contributed by atoms with Gasteiger partial charge in [0, 0.05) is 51.6 Å². The van der Waals surface area contributed by atoms with Gasteiger partial charge >= 0.3 is 11.6 Å². The molecule has 276 valence electrons. The first kappa shape index (κ1) is 44.1. The molecule has 0 aliphatic heterocycles. The van der Waals surface area contributed by atoms with Gasteiger partial charge in [-0.15, -0.1) is 0 Å².